The first-order valence-electron chi connectivity index (χ1n) is 6.11. The van der Waals surface area contributed by atoms with Crippen molar-refractivity contribution in [1.82, 2.24) is 4.98 Å². The summed E-state index contributed by atoms with van der Waals surface area (Å²) < 4.78 is 11.2. The molecular weight excluding hydrogens is 262 g/mol. The van der Waals surface area contributed by atoms with Gasteiger partial charge in [-0.2, -0.15) is 0 Å². The molecule has 0 spiro atoms. The van der Waals surface area contributed by atoms with Crippen LogP contribution in [0.3, 0.4) is 0 Å². The Balaban J connectivity index is 1.96. The first kappa shape index (κ1) is 12.2. The molecule has 0 aliphatic carbocycles. The first-order valence-corrected chi connectivity index (χ1v) is 6.92. The second-order valence-electron chi connectivity index (χ2n) is 4.30. The number of Topliss-reactive ketones (excluding diaryl/α,β-unsaturated/α-hetero) is 1. The van der Waals surface area contributed by atoms with Crippen molar-refractivity contribution in [1.29, 1.82) is 0 Å². The minimum atomic E-state index is 0.0399. The van der Waals surface area contributed by atoms with Crippen molar-refractivity contribution in [2.45, 2.75) is 13.3 Å². The van der Waals surface area contributed by atoms with Crippen molar-refractivity contribution in [3.05, 3.63) is 29.3 Å². The molecule has 0 saturated heterocycles. The summed E-state index contributed by atoms with van der Waals surface area (Å²) in [6, 6.07) is 5.75. The van der Waals surface area contributed by atoms with E-state index in [2.05, 4.69) is 4.98 Å². The average molecular weight is 275 g/mol. The van der Waals surface area contributed by atoms with Crippen LogP contribution in [0, 0.1) is 0 Å². The molecule has 2 heterocycles. The van der Waals surface area contributed by atoms with Crippen LogP contribution in [0.1, 0.15) is 23.0 Å². The summed E-state index contributed by atoms with van der Waals surface area (Å²) in [6.07, 6.45) is 2.50. The maximum absolute atomic E-state index is 11.3. The average Bonchev–Trinajstić information content (AvgIpc) is 2.78. The van der Waals surface area contributed by atoms with Crippen LogP contribution in [0.25, 0.3) is 10.6 Å². The highest BCUT2D eigenvalue weighted by atomic mass is 32.1. The number of nitrogens with zero attached hydrogens (tertiary/aromatic N) is 1. The molecule has 0 amide bonds. The molecule has 1 aromatic carbocycles. The molecule has 0 atom stereocenters. The molecule has 1 aromatic heterocycles. The number of rotatable bonds is 2. The van der Waals surface area contributed by atoms with Crippen molar-refractivity contribution in [2.24, 2.45) is 0 Å². The van der Waals surface area contributed by atoms with Gasteiger partial charge in [-0.25, -0.2) is 4.98 Å². The highest BCUT2D eigenvalue weighted by molar-refractivity contribution is 7.16. The van der Waals surface area contributed by atoms with Gasteiger partial charge in [0.05, 0.1) is 18.1 Å². The molecule has 5 heteroatoms. The molecule has 98 valence electrons. The lowest BCUT2D eigenvalue weighted by atomic mass is 10.2. The predicted octanol–water partition coefficient (Wildman–Crippen LogP) is 3.17. The normalized spacial score (nSPS) is 13.9. The lowest BCUT2D eigenvalue weighted by Gasteiger charge is -2.07. The number of ether oxygens (including phenoxy) is 2. The first-order chi connectivity index (χ1) is 9.24. The highest BCUT2D eigenvalue weighted by Gasteiger charge is 2.13. The van der Waals surface area contributed by atoms with E-state index in [1.54, 1.807) is 13.1 Å². The van der Waals surface area contributed by atoms with Crippen molar-refractivity contribution in [3.63, 3.8) is 0 Å². The third-order valence-corrected chi connectivity index (χ3v) is 3.99. The van der Waals surface area contributed by atoms with E-state index in [1.165, 1.54) is 11.3 Å². The zero-order valence-electron chi connectivity index (χ0n) is 10.5. The van der Waals surface area contributed by atoms with E-state index in [1.807, 2.05) is 18.2 Å². The maximum atomic E-state index is 11.3. The summed E-state index contributed by atoms with van der Waals surface area (Å²) >= 11 is 1.39. The number of ketones is 1. The number of hydrogen-bond donors (Lipinski definition) is 0. The van der Waals surface area contributed by atoms with Gasteiger partial charge in [0.1, 0.15) is 5.01 Å². The molecule has 0 unspecified atom stereocenters. The maximum Gasteiger partial charge on any atom is 0.171 e. The molecule has 2 aromatic rings. The summed E-state index contributed by atoms with van der Waals surface area (Å²) in [4.78, 5) is 16.2. The topological polar surface area (TPSA) is 48.4 Å². The summed E-state index contributed by atoms with van der Waals surface area (Å²) in [6.45, 7) is 2.89. The minimum Gasteiger partial charge on any atom is -0.490 e. The lowest BCUT2D eigenvalue weighted by molar-refractivity contribution is 0.102. The fourth-order valence-corrected chi connectivity index (χ4v) is 2.67. The number of carbonyl (C=O) groups excluding carboxylic acids is 1. The fourth-order valence-electron chi connectivity index (χ4n) is 1.87. The quantitative estimate of drug-likeness (QED) is 0.790. The second-order valence-corrected chi connectivity index (χ2v) is 5.33. The Morgan fingerprint density at radius 3 is 2.79 bits per heavy atom. The summed E-state index contributed by atoms with van der Waals surface area (Å²) in [5, 5.41) is 0.820. The van der Waals surface area contributed by atoms with Crippen LogP contribution in [0.5, 0.6) is 11.5 Å². The third kappa shape index (κ3) is 2.46. The Hall–Kier alpha value is -1.88. The number of carbonyl (C=O) groups is 1. The van der Waals surface area contributed by atoms with Gasteiger partial charge >= 0.3 is 0 Å². The van der Waals surface area contributed by atoms with Crippen LogP contribution in [-0.2, 0) is 0 Å². The molecule has 1 aliphatic heterocycles. The lowest BCUT2D eigenvalue weighted by Crippen LogP contribution is -1.97. The van der Waals surface area contributed by atoms with Crippen LogP contribution in [0.2, 0.25) is 0 Å². The highest BCUT2D eigenvalue weighted by Crippen LogP contribution is 2.35. The SMILES string of the molecule is CC(=O)c1cnc(-c2ccc3c(c2)OCCCO3)s1. The van der Waals surface area contributed by atoms with Crippen molar-refractivity contribution < 1.29 is 14.3 Å². The summed E-state index contributed by atoms with van der Waals surface area (Å²) in [5.74, 6) is 1.55. The van der Waals surface area contributed by atoms with Gasteiger partial charge in [-0.05, 0) is 18.2 Å². The van der Waals surface area contributed by atoms with Crippen LogP contribution in [0.4, 0.5) is 0 Å². The zero-order chi connectivity index (χ0) is 13.2. The molecule has 0 bridgehead atoms. The van der Waals surface area contributed by atoms with E-state index in [-0.39, 0.29) is 5.78 Å². The standard InChI is InChI=1S/C14H13NO3S/c1-9(16)13-8-15-14(19-13)10-3-4-11-12(7-10)18-6-2-5-17-11/h3-4,7-8H,2,5-6H2,1H3. The molecular formula is C14H13NO3S. The van der Waals surface area contributed by atoms with Crippen molar-refractivity contribution in [3.8, 4) is 22.1 Å². The van der Waals surface area contributed by atoms with E-state index in [4.69, 9.17) is 9.47 Å². The van der Waals surface area contributed by atoms with Gasteiger partial charge < -0.3 is 9.47 Å². The van der Waals surface area contributed by atoms with Gasteiger partial charge in [0.25, 0.3) is 0 Å². The molecule has 0 N–H and O–H groups in total. The van der Waals surface area contributed by atoms with Crippen LogP contribution in [-0.4, -0.2) is 24.0 Å². The Kier molecular flexibility index (Phi) is 3.21. The molecule has 0 fully saturated rings. The molecule has 3 rings (SSSR count). The van der Waals surface area contributed by atoms with Crippen LogP contribution in [0.15, 0.2) is 24.4 Å². The summed E-state index contributed by atoms with van der Waals surface area (Å²) in [7, 11) is 0. The van der Waals surface area contributed by atoms with Gasteiger partial charge in [0.2, 0.25) is 0 Å². The third-order valence-electron chi connectivity index (χ3n) is 2.85. The Morgan fingerprint density at radius 1 is 1.26 bits per heavy atom. The Labute approximate surface area is 115 Å². The minimum absolute atomic E-state index is 0.0399. The van der Waals surface area contributed by atoms with Crippen LogP contribution >= 0.6 is 11.3 Å². The largest absolute Gasteiger partial charge is 0.490 e. The van der Waals surface area contributed by atoms with E-state index < -0.39 is 0 Å². The van der Waals surface area contributed by atoms with Gasteiger partial charge in [-0.1, -0.05) is 0 Å². The zero-order valence-corrected chi connectivity index (χ0v) is 11.3. The molecule has 4 nitrogen and oxygen atoms in total. The van der Waals surface area contributed by atoms with Gasteiger partial charge in [0, 0.05) is 25.1 Å². The van der Waals surface area contributed by atoms with Crippen LogP contribution < -0.4 is 9.47 Å². The molecule has 0 saturated carbocycles. The van der Waals surface area contributed by atoms with E-state index in [0.717, 1.165) is 28.5 Å². The second kappa shape index (κ2) is 5.01. The smallest absolute Gasteiger partial charge is 0.171 e. The molecule has 19 heavy (non-hydrogen) atoms. The van der Waals surface area contributed by atoms with Gasteiger partial charge in [0.15, 0.2) is 17.3 Å². The summed E-state index contributed by atoms with van der Waals surface area (Å²) in [5.41, 5.74) is 0.946. The van der Waals surface area contributed by atoms with Crippen molar-refractivity contribution in [2.75, 3.05) is 13.2 Å². The van der Waals surface area contributed by atoms with E-state index >= 15 is 0 Å². The number of fused-ring (bicyclic) bond motifs is 1. The fraction of sp³-hybridized carbons (Fsp3) is 0.286. The molecule has 1 aliphatic rings. The number of benzene rings is 1. The van der Waals surface area contributed by atoms with E-state index in [9.17, 15) is 4.79 Å². The number of aromatic nitrogens is 1. The van der Waals surface area contributed by atoms with Gasteiger partial charge in [-0.15, -0.1) is 11.3 Å². The Bertz CT molecular complexity index is 621. The Morgan fingerprint density at radius 2 is 2.05 bits per heavy atom. The van der Waals surface area contributed by atoms with Gasteiger partial charge in [-0.3, -0.25) is 4.79 Å². The van der Waals surface area contributed by atoms with Crippen molar-refractivity contribution >= 4 is 17.1 Å². The number of hydrogen-bond acceptors (Lipinski definition) is 5. The number of thiazole rings is 1. The van der Waals surface area contributed by atoms with E-state index in [0.29, 0.717) is 18.1 Å². The predicted molar refractivity (Wildman–Crippen MR) is 73.2 cm³/mol. The monoisotopic (exact) mass is 275 g/mol. The molecule has 0 radical (unpaired) electrons.